The van der Waals surface area contributed by atoms with Gasteiger partial charge in [-0.05, 0) is 45.3 Å². The summed E-state index contributed by atoms with van der Waals surface area (Å²) >= 11 is 0. The van der Waals surface area contributed by atoms with E-state index in [-0.39, 0.29) is 25.1 Å². The van der Waals surface area contributed by atoms with Crippen LogP contribution in [0, 0.1) is 0 Å². The van der Waals surface area contributed by atoms with Crippen molar-refractivity contribution >= 4 is 11.9 Å². The van der Waals surface area contributed by atoms with Gasteiger partial charge in [0.25, 0.3) is 5.91 Å². The predicted molar refractivity (Wildman–Crippen MR) is 87.2 cm³/mol. The van der Waals surface area contributed by atoms with Crippen LogP contribution in [-0.2, 0) is 15.7 Å². The van der Waals surface area contributed by atoms with E-state index >= 15 is 0 Å². The van der Waals surface area contributed by atoms with Crippen molar-refractivity contribution in [1.29, 1.82) is 0 Å². The third-order valence-electron chi connectivity index (χ3n) is 3.45. The van der Waals surface area contributed by atoms with Gasteiger partial charge in [-0.25, -0.2) is 0 Å². The van der Waals surface area contributed by atoms with Crippen molar-refractivity contribution in [3.8, 4) is 0 Å². The molecule has 1 aromatic carbocycles. The Labute approximate surface area is 145 Å². The Morgan fingerprint density at radius 3 is 2.12 bits per heavy atom. The molecule has 0 N–H and O–H groups in total. The van der Waals surface area contributed by atoms with Crippen LogP contribution in [0.15, 0.2) is 24.3 Å². The van der Waals surface area contributed by atoms with Gasteiger partial charge in [0.05, 0.1) is 18.6 Å². The summed E-state index contributed by atoms with van der Waals surface area (Å²) in [4.78, 5) is 27.4. The van der Waals surface area contributed by atoms with Crippen LogP contribution in [-0.4, -0.2) is 62.0 Å². The highest BCUT2D eigenvalue weighted by molar-refractivity contribution is 5.94. The topological polar surface area (TPSA) is 49.9 Å². The maximum atomic E-state index is 12.6. The van der Waals surface area contributed by atoms with Crippen LogP contribution in [0.1, 0.15) is 29.3 Å². The Balaban J connectivity index is 2.84. The first-order chi connectivity index (χ1) is 11.6. The van der Waals surface area contributed by atoms with Crippen molar-refractivity contribution in [1.82, 2.24) is 9.80 Å². The molecule has 0 aliphatic rings. The first kappa shape index (κ1) is 21.0. The summed E-state index contributed by atoms with van der Waals surface area (Å²) in [5, 5.41) is 0. The average Bonchev–Trinajstić information content (AvgIpc) is 2.53. The summed E-state index contributed by atoms with van der Waals surface area (Å²) in [5.74, 6) is -0.836. The highest BCUT2D eigenvalue weighted by Gasteiger charge is 2.30. The fourth-order valence-corrected chi connectivity index (χ4v) is 2.08. The Morgan fingerprint density at radius 1 is 1.04 bits per heavy atom. The van der Waals surface area contributed by atoms with Crippen LogP contribution in [0.2, 0.25) is 0 Å². The molecule has 1 aromatic rings. The fraction of sp³-hybridized carbons (Fsp3) is 0.529. The number of nitrogens with zero attached hydrogens (tertiary/aromatic N) is 2. The summed E-state index contributed by atoms with van der Waals surface area (Å²) in [6, 6.07) is 4.06. The molecule has 0 saturated carbocycles. The molecule has 140 valence electrons. The lowest BCUT2D eigenvalue weighted by Gasteiger charge is -2.24. The summed E-state index contributed by atoms with van der Waals surface area (Å²) < 4.78 is 42.7. The maximum Gasteiger partial charge on any atom is 0.416 e. The Hall–Kier alpha value is -2.09. The van der Waals surface area contributed by atoms with Crippen molar-refractivity contribution < 1.29 is 27.5 Å². The molecule has 0 aromatic heterocycles. The monoisotopic (exact) mass is 360 g/mol. The number of likely N-dealkylation sites (N-methyl/N-ethyl adjacent to an activating group) is 1. The van der Waals surface area contributed by atoms with Crippen LogP contribution in [0.4, 0.5) is 13.2 Å². The molecule has 8 heteroatoms. The number of amides is 1. The summed E-state index contributed by atoms with van der Waals surface area (Å²) in [6.45, 7) is 3.01. The van der Waals surface area contributed by atoms with E-state index in [2.05, 4.69) is 0 Å². The lowest BCUT2D eigenvalue weighted by molar-refractivity contribution is -0.143. The lowest BCUT2D eigenvalue weighted by Crippen LogP contribution is -2.38. The third kappa shape index (κ3) is 7.13. The van der Waals surface area contributed by atoms with E-state index in [4.69, 9.17) is 4.74 Å². The first-order valence-corrected chi connectivity index (χ1v) is 7.92. The summed E-state index contributed by atoms with van der Waals surface area (Å²) in [7, 11) is 3.68. The quantitative estimate of drug-likeness (QED) is 0.669. The van der Waals surface area contributed by atoms with Crippen LogP contribution >= 0.6 is 0 Å². The molecule has 5 nitrogen and oxygen atoms in total. The molecule has 0 bridgehead atoms. The number of carbonyl (C=O) groups excluding carboxylic acids is 2. The fourth-order valence-electron chi connectivity index (χ4n) is 2.08. The maximum absolute atomic E-state index is 12.6. The zero-order valence-corrected chi connectivity index (χ0v) is 14.6. The number of esters is 1. The van der Waals surface area contributed by atoms with Crippen LogP contribution < -0.4 is 0 Å². The predicted octanol–water partition coefficient (Wildman–Crippen LogP) is 2.66. The lowest BCUT2D eigenvalue weighted by atomic mass is 10.1. The van der Waals surface area contributed by atoms with Gasteiger partial charge in [-0.2, -0.15) is 13.2 Å². The molecule has 0 radical (unpaired) electrons. The number of carbonyl (C=O) groups is 2. The van der Waals surface area contributed by atoms with E-state index in [0.29, 0.717) is 13.1 Å². The number of alkyl halides is 3. The van der Waals surface area contributed by atoms with Crippen LogP contribution in [0.3, 0.4) is 0 Å². The van der Waals surface area contributed by atoms with Crippen molar-refractivity contribution in [2.24, 2.45) is 0 Å². The van der Waals surface area contributed by atoms with Gasteiger partial charge in [0.15, 0.2) is 0 Å². The molecule has 0 saturated heterocycles. The molecule has 1 rings (SSSR count). The van der Waals surface area contributed by atoms with Gasteiger partial charge < -0.3 is 14.5 Å². The molecule has 1 amide bonds. The molecule has 0 heterocycles. The van der Waals surface area contributed by atoms with Gasteiger partial charge in [0.2, 0.25) is 0 Å². The minimum Gasteiger partial charge on any atom is -0.466 e. The van der Waals surface area contributed by atoms with Gasteiger partial charge in [0, 0.05) is 25.2 Å². The van der Waals surface area contributed by atoms with Gasteiger partial charge in [-0.3, -0.25) is 9.59 Å². The van der Waals surface area contributed by atoms with E-state index in [1.54, 1.807) is 6.92 Å². The molecule has 25 heavy (non-hydrogen) atoms. The van der Waals surface area contributed by atoms with Crippen LogP contribution in [0.25, 0.3) is 0 Å². The summed E-state index contributed by atoms with van der Waals surface area (Å²) in [6.07, 6.45) is -4.41. The minimum absolute atomic E-state index is 0.0354. The summed E-state index contributed by atoms with van der Waals surface area (Å²) in [5.41, 5.74) is -0.661. The van der Waals surface area contributed by atoms with Gasteiger partial charge in [0.1, 0.15) is 0 Å². The number of benzene rings is 1. The zero-order chi connectivity index (χ0) is 19.0. The third-order valence-corrected chi connectivity index (χ3v) is 3.45. The number of halogens is 3. The molecule has 0 atom stereocenters. The smallest absolute Gasteiger partial charge is 0.416 e. The van der Waals surface area contributed by atoms with E-state index in [0.717, 1.165) is 24.3 Å². The number of ether oxygens (including phenoxy) is 1. The van der Waals surface area contributed by atoms with Crippen LogP contribution in [0.5, 0.6) is 0 Å². The SMILES string of the molecule is CCOC(=O)CCN(CCN(C)C)C(=O)c1ccc(C(F)(F)F)cc1. The Morgan fingerprint density at radius 2 is 1.64 bits per heavy atom. The molecule has 0 aliphatic carbocycles. The van der Waals surface area contributed by atoms with E-state index in [9.17, 15) is 22.8 Å². The van der Waals surface area contributed by atoms with E-state index < -0.39 is 23.6 Å². The molecule has 0 unspecified atom stereocenters. The first-order valence-electron chi connectivity index (χ1n) is 7.92. The standard InChI is InChI=1S/C17H23F3N2O3/c1-4-25-15(23)9-10-22(12-11-21(2)3)16(24)13-5-7-14(8-6-13)17(18,19)20/h5-8H,4,9-12H2,1-3H3. The van der Waals surface area contributed by atoms with Crippen molar-refractivity contribution in [3.63, 3.8) is 0 Å². The Kier molecular flexibility index (Phi) is 7.89. The van der Waals surface area contributed by atoms with Gasteiger partial charge >= 0.3 is 12.1 Å². The molecular weight excluding hydrogens is 337 g/mol. The Bertz CT molecular complexity index is 571. The second kappa shape index (κ2) is 9.41. The highest BCUT2D eigenvalue weighted by Crippen LogP contribution is 2.29. The normalized spacial score (nSPS) is 11.5. The molecular formula is C17H23F3N2O3. The molecule has 0 aliphatic heterocycles. The second-order valence-electron chi connectivity index (χ2n) is 5.73. The number of rotatable bonds is 8. The minimum atomic E-state index is -4.45. The van der Waals surface area contributed by atoms with Gasteiger partial charge in [-0.1, -0.05) is 0 Å². The van der Waals surface area contributed by atoms with Crippen molar-refractivity contribution in [2.45, 2.75) is 19.5 Å². The van der Waals surface area contributed by atoms with E-state index in [1.807, 2.05) is 19.0 Å². The number of hydrogen-bond donors (Lipinski definition) is 0. The molecule has 0 fully saturated rings. The van der Waals surface area contributed by atoms with Crippen molar-refractivity contribution in [2.75, 3.05) is 40.3 Å². The average molecular weight is 360 g/mol. The largest absolute Gasteiger partial charge is 0.466 e. The zero-order valence-electron chi connectivity index (χ0n) is 14.6. The molecule has 0 spiro atoms. The highest BCUT2D eigenvalue weighted by atomic mass is 19.4. The van der Waals surface area contributed by atoms with Crippen molar-refractivity contribution in [3.05, 3.63) is 35.4 Å². The second-order valence-corrected chi connectivity index (χ2v) is 5.73. The van der Waals surface area contributed by atoms with Gasteiger partial charge in [-0.15, -0.1) is 0 Å². The number of hydrogen-bond acceptors (Lipinski definition) is 4. The van der Waals surface area contributed by atoms with E-state index in [1.165, 1.54) is 4.90 Å².